The van der Waals surface area contributed by atoms with Crippen LogP contribution in [-0.4, -0.2) is 36.6 Å². The van der Waals surface area contributed by atoms with E-state index in [9.17, 15) is 0 Å². The molecule has 0 aromatic carbocycles. The van der Waals surface area contributed by atoms with Crippen LogP contribution in [-0.2, 0) is 0 Å². The predicted molar refractivity (Wildman–Crippen MR) is 72.1 cm³/mol. The van der Waals surface area contributed by atoms with Crippen molar-refractivity contribution in [3.8, 4) is 6.07 Å². The van der Waals surface area contributed by atoms with Gasteiger partial charge in [-0.2, -0.15) is 5.26 Å². The van der Waals surface area contributed by atoms with Crippen LogP contribution in [0.15, 0.2) is 0 Å². The van der Waals surface area contributed by atoms with Crippen molar-refractivity contribution < 1.29 is 0 Å². The quantitative estimate of drug-likeness (QED) is 0.828. The Bertz CT molecular complexity index is 323. The summed E-state index contributed by atoms with van der Waals surface area (Å²) in [5.74, 6) is 0. The molecule has 0 bridgehead atoms. The predicted octanol–water partition coefficient (Wildman–Crippen LogP) is 2.29. The van der Waals surface area contributed by atoms with E-state index >= 15 is 0 Å². The summed E-state index contributed by atoms with van der Waals surface area (Å²) in [4.78, 5) is 2.72. The van der Waals surface area contributed by atoms with Crippen LogP contribution < -0.4 is 5.32 Å². The van der Waals surface area contributed by atoms with Gasteiger partial charge in [0.1, 0.15) is 0 Å². The molecule has 2 aliphatic heterocycles. The third kappa shape index (κ3) is 2.55. The summed E-state index contributed by atoms with van der Waals surface area (Å²) in [6, 6.07) is 3.87. The van der Waals surface area contributed by atoms with Crippen molar-refractivity contribution in [2.24, 2.45) is 5.41 Å². The lowest BCUT2D eigenvalue weighted by atomic mass is 9.92. The molecule has 3 nitrogen and oxygen atoms in total. The molecule has 2 saturated heterocycles. The summed E-state index contributed by atoms with van der Waals surface area (Å²) in [6.07, 6.45) is 10.1. The van der Waals surface area contributed by atoms with E-state index in [0.717, 1.165) is 18.5 Å². The molecule has 0 aromatic rings. The molecule has 2 heterocycles. The molecule has 0 spiro atoms. The first-order valence-electron chi connectivity index (χ1n) is 7.67. The van der Waals surface area contributed by atoms with E-state index in [1.54, 1.807) is 0 Å². The lowest BCUT2D eigenvalue weighted by Gasteiger charge is -2.41. The van der Waals surface area contributed by atoms with E-state index in [2.05, 4.69) is 16.3 Å². The van der Waals surface area contributed by atoms with Gasteiger partial charge in [0.05, 0.1) is 6.07 Å². The molecule has 0 aromatic heterocycles. The fourth-order valence-electron chi connectivity index (χ4n) is 3.87. The maximum Gasteiger partial charge on any atom is 0.0628 e. The highest BCUT2D eigenvalue weighted by Crippen LogP contribution is 2.49. The van der Waals surface area contributed by atoms with Crippen molar-refractivity contribution in [1.82, 2.24) is 10.2 Å². The second-order valence-electron chi connectivity index (χ2n) is 6.57. The van der Waals surface area contributed by atoms with E-state index < -0.39 is 0 Å². The monoisotopic (exact) mass is 247 g/mol. The fourth-order valence-corrected chi connectivity index (χ4v) is 3.87. The van der Waals surface area contributed by atoms with Crippen LogP contribution >= 0.6 is 0 Å². The van der Waals surface area contributed by atoms with Crippen molar-refractivity contribution in [2.75, 3.05) is 19.6 Å². The molecule has 0 radical (unpaired) electrons. The maximum absolute atomic E-state index is 8.97. The molecule has 1 N–H and O–H groups in total. The normalized spacial score (nSPS) is 35.3. The largest absolute Gasteiger partial charge is 0.312 e. The SMILES string of the molecule is N#CCC1(CN2CCCCC2C2CCCN2)CC1. The zero-order chi connectivity index (χ0) is 12.4. The highest BCUT2D eigenvalue weighted by Gasteiger charge is 2.45. The van der Waals surface area contributed by atoms with Crippen molar-refractivity contribution in [1.29, 1.82) is 5.26 Å². The van der Waals surface area contributed by atoms with Gasteiger partial charge in [0.2, 0.25) is 0 Å². The molecule has 3 rings (SSSR count). The minimum Gasteiger partial charge on any atom is -0.312 e. The number of nitriles is 1. The van der Waals surface area contributed by atoms with Gasteiger partial charge in [-0.25, -0.2) is 0 Å². The number of rotatable bonds is 4. The second kappa shape index (κ2) is 5.19. The zero-order valence-corrected chi connectivity index (χ0v) is 11.3. The average molecular weight is 247 g/mol. The second-order valence-corrected chi connectivity index (χ2v) is 6.57. The summed E-state index contributed by atoms with van der Waals surface area (Å²) in [6.45, 7) is 3.65. The van der Waals surface area contributed by atoms with Gasteiger partial charge in [-0.15, -0.1) is 0 Å². The summed E-state index contributed by atoms with van der Waals surface area (Å²) in [7, 11) is 0. The Morgan fingerprint density at radius 3 is 2.78 bits per heavy atom. The third-order valence-corrected chi connectivity index (χ3v) is 5.18. The van der Waals surface area contributed by atoms with Gasteiger partial charge in [-0.05, 0) is 57.0 Å². The minimum absolute atomic E-state index is 0.378. The summed E-state index contributed by atoms with van der Waals surface area (Å²) in [5, 5.41) is 12.7. The number of nitrogens with zero attached hydrogens (tertiary/aromatic N) is 2. The van der Waals surface area contributed by atoms with E-state index in [1.165, 1.54) is 64.6 Å². The molecule has 3 aliphatic rings. The third-order valence-electron chi connectivity index (χ3n) is 5.18. The van der Waals surface area contributed by atoms with Gasteiger partial charge in [0, 0.05) is 25.0 Å². The summed E-state index contributed by atoms with van der Waals surface area (Å²) in [5.41, 5.74) is 0.378. The Balaban J connectivity index is 1.63. The van der Waals surface area contributed by atoms with Crippen molar-refractivity contribution in [3.63, 3.8) is 0 Å². The first-order chi connectivity index (χ1) is 8.83. The van der Waals surface area contributed by atoms with Crippen LogP contribution in [0.3, 0.4) is 0 Å². The van der Waals surface area contributed by atoms with Crippen molar-refractivity contribution >= 4 is 0 Å². The lowest BCUT2D eigenvalue weighted by Crippen LogP contribution is -2.51. The van der Waals surface area contributed by atoms with Crippen LogP contribution in [0.1, 0.15) is 51.4 Å². The smallest absolute Gasteiger partial charge is 0.0628 e. The van der Waals surface area contributed by atoms with Gasteiger partial charge in [-0.1, -0.05) is 6.42 Å². The van der Waals surface area contributed by atoms with Gasteiger partial charge in [0.25, 0.3) is 0 Å². The molecule has 0 amide bonds. The van der Waals surface area contributed by atoms with Crippen LogP contribution in [0.5, 0.6) is 0 Å². The van der Waals surface area contributed by atoms with E-state index in [0.29, 0.717) is 5.41 Å². The van der Waals surface area contributed by atoms with E-state index in [4.69, 9.17) is 5.26 Å². The van der Waals surface area contributed by atoms with Gasteiger partial charge in [-0.3, -0.25) is 4.90 Å². The average Bonchev–Trinajstić information content (AvgIpc) is 2.94. The Morgan fingerprint density at radius 1 is 1.22 bits per heavy atom. The molecule has 3 heteroatoms. The molecule has 100 valence electrons. The number of nitrogens with one attached hydrogen (secondary N) is 1. The summed E-state index contributed by atoms with van der Waals surface area (Å²) < 4.78 is 0. The van der Waals surface area contributed by atoms with E-state index in [1.807, 2.05) is 0 Å². The van der Waals surface area contributed by atoms with Gasteiger partial charge < -0.3 is 5.32 Å². The molecular weight excluding hydrogens is 222 g/mol. The molecule has 2 unspecified atom stereocenters. The Morgan fingerprint density at radius 2 is 2.11 bits per heavy atom. The van der Waals surface area contributed by atoms with Crippen molar-refractivity contribution in [2.45, 2.75) is 63.5 Å². The van der Waals surface area contributed by atoms with Crippen molar-refractivity contribution in [3.05, 3.63) is 0 Å². The number of likely N-dealkylation sites (tertiary alicyclic amines) is 1. The van der Waals surface area contributed by atoms with Crippen LogP contribution in [0.25, 0.3) is 0 Å². The first-order valence-corrected chi connectivity index (χ1v) is 7.67. The van der Waals surface area contributed by atoms with Gasteiger partial charge >= 0.3 is 0 Å². The number of hydrogen-bond donors (Lipinski definition) is 1. The standard InChI is InChI=1S/C15H25N3/c16-9-8-15(6-7-15)12-18-11-2-1-5-14(18)13-4-3-10-17-13/h13-14,17H,1-8,10-12H2. The highest BCUT2D eigenvalue weighted by molar-refractivity contribution is 5.03. The number of hydrogen-bond acceptors (Lipinski definition) is 3. The fraction of sp³-hybridized carbons (Fsp3) is 0.933. The molecular formula is C15H25N3. The Labute approximate surface area is 111 Å². The van der Waals surface area contributed by atoms with Gasteiger partial charge in [0.15, 0.2) is 0 Å². The summed E-state index contributed by atoms with van der Waals surface area (Å²) >= 11 is 0. The molecule has 1 aliphatic carbocycles. The minimum atomic E-state index is 0.378. The first kappa shape index (κ1) is 12.4. The topological polar surface area (TPSA) is 39.1 Å². The zero-order valence-electron chi connectivity index (χ0n) is 11.3. The molecule has 1 saturated carbocycles. The Kier molecular flexibility index (Phi) is 3.59. The maximum atomic E-state index is 8.97. The van der Waals surface area contributed by atoms with E-state index in [-0.39, 0.29) is 0 Å². The van der Waals surface area contributed by atoms with Crippen LogP contribution in [0, 0.1) is 16.7 Å². The molecule has 3 fully saturated rings. The van der Waals surface area contributed by atoms with Crippen LogP contribution in [0.4, 0.5) is 0 Å². The molecule has 18 heavy (non-hydrogen) atoms. The lowest BCUT2D eigenvalue weighted by molar-refractivity contribution is 0.0956. The Hall–Kier alpha value is -0.590. The van der Waals surface area contributed by atoms with Crippen LogP contribution in [0.2, 0.25) is 0 Å². The number of piperidine rings is 1. The molecule has 2 atom stereocenters. The highest BCUT2D eigenvalue weighted by atomic mass is 15.2.